The van der Waals surface area contributed by atoms with Gasteiger partial charge in [0.1, 0.15) is 11.7 Å². The molecule has 0 spiro atoms. The minimum absolute atomic E-state index is 0.0517. The highest BCUT2D eigenvalue weighted by molar-refractivity contribution is 6.11. The predicted molar refractivity (Wildman–Crippen MR) is 151 cm³/mol. The second-order valence-corrected chi connectivity index (χ2v) is 11.2. The van der Waals surface area contributed by atoms with Crippen molar-refractivity contribution in [1.82, 2.24) is 9.80 Å². The topological polar surface area (TPSA) is 94.5 Å². The van der Waals surface area contributed by atoms with Crippen LogP contribution in [0.4, 0.5) is 33.7 Å². The van der Waals surface area contributed by atoms with E-state index < -0.39 is 41.4 Å². The summed E-state index contributed by atoms with van der Waals surface area (Å²) in [5.41, 5.74) is -0.340. The second-order valence-electron chi connectivity index (χ2n) is 11.2. The predicted octanol–water partition coefficient (Wildman–Crippen LogP) is 4.64. The average Bonchev–Trinajstić information content (AvgIpc) is 2.91. The van der Waals surface area contributed by atoms with E-state index in [1.165, 1.54) is 17.0 Å². The van der Waals surface area contributed by atoms with Crippen LogP contribution in [0.1, 0.15) is 39.7 Å². The van der Waals surface area contributed by atoms with Gasteiger partial charge in [0.15, 0.2) is 0 Å². The summed E-state index contributed by atoms with van der Waals surface area (Å²) in [6, 6.07) is 2.79. The number of amides is 3. The molecule has 0 saturated carbocycles. The maximum absolute atomic E-state index is 15.8. The standard InChI is InChI=1S/C29H35F4N5O4/c1-16(2)42-28(41)37-8-6-7-19(15-37)20-9-24(25(11-23(20)30)38-13-17(3)36(5)18(4)14-38)35-27(40)21-12-34-26(39)10-22(21)29(31,32)33/h7,9-12,16-18,21H,6,8,13-15H2,1-5H3,(H,35,40)/t17-,18+,21?. The summed E-state index contributed by atoms with van der Waals surface area (Å²) in [5.74, 6) is -4.65. The zero-order valence-corrected chi connectivity index (χ0v) is 24.2. The van der Waals surface area contributed by atoms with Gasteiger partial charge in [-0.05, 0) is 58.9 Å². The van der Waals surface area contributed by atoms with Crippen molar-refractivity contribution in [1.29, 1.82) is 0 Å². The third-order valence-electron chi connectivity index (χ3n) is 7.71. The minimum Gasteiger partial charge on any atom is -0.447 e. The van der Waals surface area contributed by atoms with Crippen molar-refractivity contribution in [2.24, 2.45) is 10.9 Å². The molecule has 3 aliphatic heterocycles. The summed E-state index contributed by atoms with van der Waals surface area (Å²) in [6.07, 6.45) is -2.62. The molecule has 42 heavy (non-hydrogen) atoms. The van der Waals surface area contributed by atoms with E-state index in [0.29, 0.717) is 49.6 Å². The lowest BCUT2D eigenvalue weighted by Crippen LogP contribution is -2.55. The van der Waals surface area contributed by atoms with Crippen LogP contribution < -0.4 is 10.2 Å². The number of rotatable bonds is 5. The van der Waals surface area contributed by atoms with Crippen LogP contribution in [0.2, 0.25) is 0 Å². The number of ether oxygens (including phenoxy) is 1. The Bertz CT molecular complexity index is 1330. The summed E-state index contributed by atoms with van der Waals surface area (Å²) in [6.45, 7) is 8.83. The molecule has 0 bridgehead atoms. The van der Waals surface area contributed by atoms with Gasteiger partial charge in [-0.15, -0.1) is 0 Å². The number of carbonyl (C=O) groups excluding carboxylic acids is 3. The van der Waals surface area contributed by atoms with Gasteiger partial charge in [-0.2, -0.15) is 13.2 Å². The van der Waals surface area contributed by atoms with E-state index in [0.717, 1.165) is 0 Å². The Labute approximate surface area is 241 Å². The third-order valence-corrected chi connectivity index (χ3v) is 7.71. The van der Waals surface area contributed by atoms with E-state index in [1.807, 2.05) is 25.8 Å². The molecule has 1 saturated heterocycles. The Hall–Kier alpha value is -3.74. The SMILES string of the molecule is CC(C)OC(=O)N1CCC=C(c2cc(NC(=O)C3C=NC(=O)C=C3C(F)(F)F)c(N3C[C@@H](C)N(C)[C@@H](C)C3)cc2F)C1. The van der Waals surface area contributed by atoms with Crippen LogP contribution in [0.15, 0.2) is 34.9 Å². The molecule has 1 N–H and O–H groups in total. The van der Waals surface area contributed by atoms with Gasteiger partial charge in [0, 0.05) is 56.1 Å². The summed E-state index contributed by atoms with van der Waals surface area (Å²) in [5, 5.41) is 2.57. The maximum atomic E-state index is 15.8. The first-order valence-corrected chi connectivity index (χ1v) is 13.8. The van der Waals surface area contributed by atoms with Crippen LogP contribution in [0.5, 0.6) is 0 Å². The van der Waals surface area contributed by atoms with Crippen molar-refractivity contribution in [3.8, 4) is 0 Å². The van der Waals surface area contributed by atoms with Crippen molar-refractivity contribution in [2.75, 3.05) is 43.4 Å². The number of halogens is 4. The van der Waals surface area contributed by atoms with E-state index in [1.54, 1.807) is 19.9 Å². The first kappa shape index (κ1) is 31.2. The Morgan fingerprint density at radius 2 is 1.81 bits per heavy atom. The number of likely N-dealkylation sites (N-methyl/N-ethyl adjacent to an activating group) is 1. The quantitative estimate of drug-likeness (QED) is 0.500. The van der Waals surface area contributed by atoms with Crippen LogP contribution in [0.25, 0.3) is 5.57 Å². The lowest BCUT2D eigenvalue weighted by molar-refractivity contribution is -0.124. The summed E-state index contributed by atoms with van der Waals surface area (Å²) in [4.78, 5) is 46.3. The highest BCUT2D eigenvalue weighted by Gasteiger charge is 2.43. The van der Waals surface area contributed by atoms with Gasteiger partial charge in [0.25, 0.3) is 5.91 Å². The summed E-state index contributed by atoms with van der Waals surface area (Å²) < 4.78 is 62.2. The van der Waals surface area contributed by atoms with Crippen LogP contribution in [0, 0.1) is 11.7 Å². The fourth-order valence-corrected chi connectivity index (χ4v) is 5.31. The molecule has 1 fully saturated rings. The molecule has 1 aromatic carbocycles. The monoisotopic (exact) mass is 593 g/mol. The fraction of sp³-hybridized carbons (Fsp3) is 0.517. The minimum atomic E-state index is -4.94. The Morgan fingerprint density at radius 3 is 2.43 bits per heavy atom. The number of hydrogen-bond donors (Lipinski definition) is 1. The number of benzene rings is 1. The fourth-order valence-electron chi connectivity index (χ4n) is 5.31. The molecule has 3 heterocycles. The Balaban J connectivity index is 1.72. The maximum Gasteiger partial charge on any atom is 0.414 e. The van der Waals surface area contributed by atoms with Crippen LogP contribution in [0.3, 0.4) is 0 Å². The lowest BCUT2D eigenvalue weighted by atomic mass is 9.95. The summed E-state index contributed by atoms with van der Waals surface area (Å²) in [7, 11) is 1.97. The number of nitrogens with one attached hydrogen (secondary N) is 1. The normalized spacial score (nSPS) is 23.6. The lowest BCUT2D eigenvalue weighted by Gasteiger charge is -2.44. The largest absolute Gasteiger partial charge is 0.447 e. The van der Waals surface area contributed by atoms with Gasteiger partial charge in [-0.25, -0.2) is 14.2 Å². The van der Waals surface area contributed by atoms with E-state index in [4.69, 9.17) is 4.74 Å². The van der Waals surface area contributed by atoms with Crippen molar-refractivity contribution >= 4 is 41.1 Å². The van der Waals surface area contributed by atoms with Crippen molar-refractivity contribution in [2.45, 2.75) is 58.5 Å². The number of piperazine rings is 1. The first-order valence-electron chi connectivity index (χ1n) is 13.8. The van der Waals surface area contributed by atoms with Crippen LogP contribution >= 0.6 is 0 Å². The molecular formula is C29H35F4N5O4. The number of dihydropyridines is 1. The molecule has 1 unspecified atom stereocenters. The molecule has 3 amide bonds. The number of hydrogen-bond acceptors (Lipinski definition) is 6. The van der Waals surface area contributed by atoms with Crippen molar-refractivity contribution in [3.63, 3.8) is 0 Å². The first-order chi connectivity index (χ1) is 19.6. The Kier molecular flexibility index (Phi) is 9.09. The second kappa shape index (κ2) is 12.2. The highest BCUT2D eigenvalue weighted by atomic mass is 19.4. The van der Waals surface area contributed by atoms with Crippen molar-refractivity contribution in [3.05, 3.63) is 41.2 Å². The van der Waals surface area contributed by atoms with E-state index in [2.05, 4.69) is 15.2 Å². The molecule has 4 rings (SSSR count). The zero-order chi connectivity index (χ0) is 30.9. The molecule has 0 aromatic heterocycles. The van der Waals surface area contributed by atoms with Gasteiger partial charge in [0.05, 0.1) is 23.1 Å². The molecular weight excluding hydrogens is 558 g/mol. The number of aliphatic imine (C=N–C) groups is 1. The number of carbonyl (C=O) groups is 3. The number of nitrogens with zero attached hydrogens (tertiary/aromatic N) is 4. The van der Waals surface area contributed by atoms with Crippen LogP contribution in [-0.4, -0.2) is 91.5 Å². The van der Waals surface area contributed by atoms with Crippen molar-refractivity contribution < 1.29 is 36.7 Å². The van der Waals surface area contributed by atoms with Gasteiger partial charge in [-0.3, -0.25) is 14.5 Å². The molecule has 3 aliphatic rings. The molecule has 0 radical (unpaired) electrons. The van der Waals surface area contributed by atoms with E-state index >= 15 is 4.39 Å². The van der Waals surface area contributed by atoms with Gasteiger partial charge >= 0.3 is 12.3 Å². The number of anilines is 2. The van der Waals surface area contributed by atoms with E-state index in [-0.39, 0.29) is 36.0 Å². The van der Waals surface area contributed by atoms with Gasteiger partial charge in [-0.1, -0.05) is 6.08 Å². The average molecular weight is 594 g/mol. The molecule has 228 valence electrons. The smallest absolute Gasteiger partial charge is 0.414 e. The molecule has 0 aliphatic carbocycles. The molecule has 13 heteroatoms. The van der Waals surface area contributed by atoms with E-state index in [9.17, 15) is 27.6 Å². The number of alkyl halides is 3. The van der Waals surface area contributed by atoms with Gasteiger partial charge in [0.2, 0.25) is 5.91 Å². The highest BCUT2D eigenvalue weighted by Crippen LogP contribution is 2.37. The Morgan fingerprint density at radius 1 is 1.14 bits per heavy atom. The molecule has 1 aromatic rings. The summed E-state index contributed by atoms with van der Waals surface area (Å²) >= 11 is 0. The van der Waals surface area contributed by atoms with Gasteiger partial charge < -0.3 is 19.9 Å². The third kappa shape index (κ3) is 6.83. The molecule has 3 atom stereocenters. The van der Waals surface area contributed by atoms with Crippen LogP contribution in [-0.2, 0) is 14.3 Å². The molecule has 9 nitrogen and oxygen atoms in total. The zero-order valence-electron chi connectivity index (χ0n) is 24.2.